The molecule has 10 heteroatoms. The highest BCUT2D eigenvalue weighted by Crippen LogP contribution is 2.22. The number of hydrogen-bond donors (Lipinski definition) is 3. The van der Waals surface area contributed by atoms with E-state index >= 15 is 0 Å². The molecule has 10 nitrogen and oxygen atoms in total. The van der Waals surface area contributed by atoms with E-state index in [1.165, 1.54) is 4.90 Å². The van der Waals surface area contributed by atoms with Gasteiger partial charge in [0.1, 0.15) is 29.5 Å². The highest BCUT2D eigenvalue weighted by molar-refractivity contribution is 5.93. The normalized spacial score (nSPS) is 24.1. The number of ether oxygens (including phenoxy) is 2. The first-order valence-electron chi connectivity index (χ1n) is 11.6. The van der Waals surface area contributed by atoms with Crippen molar-refractivity contribution in [2.24, 2.45) is 0 Å². The predicted molar refractivity (Wildman–Crippen MR) is 122 cm³/mol. The lowest BCUT2D eigenvalue weighted by Crippen LogP contribution is -2.56. The van der Waals surface area contributed by atoms with E-state index in [0.29, 0.717) is 31.6 Å². The number of nitrogens with one attached hydrogen (secondary N) is 2. The van der Waals surface area contributed by atoms with Crippen molar-refractivity contribution in [2.45, 2.75) is 76.6 Å². The van der Waals surface area contributed by atoms with Crippen LogP contribution in [0, 0.1) is 0 Å². The molecule has 3 rings (SSSR count). The van der Waals surface area contributed by atoms with Gasteiger partial charge in [0.15, 0.2) is 0 Å². The summed E-state index contributed by atoms with van der Waals surface area (Å²) in [6.45, 7) is 5.80. The van der Waals surface area contributed by atoms with Crippen LogP contribution in [0.3, 0.4) is 0 Å². The van der Waals surface area contributed by atoms with Gasteiger partial charge in [0, 0.05) is 13.0 Å². The molecule has 2 bridgehead atoms. The Bertz CT molecular complexity index is 927. The van der Waals surface area contributed by atoms with Crippen molar-refractivity contribution < 1.29 is 33.8 Å². The number of hydrogen-bond acceptors (Lipinski definition) is 6. The van der Waals surface area contributed by atoms with Gasteiger partial charge in [0.2, 0.25) is 11.8 Å². The number of benzene rings is 1. The zero-order valence-corrected chi connectivity index (χ0v) is 19.8. The fourth-order valence-corrected chi connectivity index (χ4v) is 4.15. The number of fused-ring (bicyclic) bond motifs is 3. The summed E-state index contributed by atoms with van der Waals surface area (Å²) in [6, 6.07) is 4.32. The quantitative estimate of drug-likeness (QED) is 0.594. The average Bonchev–Trinajstić information content (AvgIpc) is 3.23. The maximum atomic E-state index is 13.5. The molecule has 1 aromatic carbocycles. The van der Waals surface area contributed by atoms with Crippen molar-refractivity contribution in [1.29, 1.82) is 0 Å². The largest absolute Gasteiger partial charge is 0.494 e. The minimum Gasteiger partial charge on any atom is -0.494 e. The molecule has 0 aromatic heterocycles. The Morgan fingerprint density at radius 2 is 1.97 bits per heavy atom. The third kappa shape index (κ3) is 6.85. The van der Waals surface area contributed by atoms with E-state index in [1.54, 1.807) is 39.0 Å². The van der Waals surface area contributed by atoms with Gasteiger partial charge in [-0.15, -0.1) is 0 Å². The molecule has 1 saturated heterocycles. The van der Waals surface area contributed by atoms with Crippen molar-refractivity contribution in [2.75, 3.05) is 13.2 Å². The Labute approximate surface area is 199 Å². The third-order valence-electron chi connectivity index (χ3n) is 5.69. The van der Waals surface area contributed by atoms with Gasteiger partial charge < -0.3 is 30.1 Å². The lowest BCUT2D eigenvalue weighted by Gasteiger charge is -2.30. The summed E-state index contributed by atoms with van der Waals surface area (Å²) >= 11 is 0. The third-order valence-corrected chi connectivity index (χ3v) is 5.69. The summed E-state index contributed by atoms with van der Waals surface area (Å²) in [4.78, 5) is 52.1. The molecule has 2 aliphatic heterocycles. The highest BCUT2D eigenvalue weighted by Gasteiger charge is 2.39. The van der Waals surface area contributed by atoms with E-state index in [0.717, 1.165) is 5.56 Å². The van der Waals surface area contributed by atoms with E-state index < -0.39 is 47.6 Å². The Morgan fingerprint density at radius 1 is 1.21 bits per heavy atom. The van der Waals surface area contributed by atoms with Crippen LogP contribution in [0.5, 0.6) is 5.75 Å². The van der Waals surface area contributed by atoms with Crippen LogP contribution in [-0.4, -0.2) is 70.8 Å². The minimum atomic E-state index is -1.14. The molecule has 2 heterocycles. The molecule has 3 atom stereocenters. The molecule has 2 aliphatic rings. The molecule has 0 radical (unpaired) electrons. The summed E-state index contributed by atoms with van der Waals surface area (Å²) in [5.41, 5.74) is 0.0215. The molecular weight excluding hydrogens is 442 g/mol. The van der Waals surface area contributed by atoms with Crippen molar-refractivity contribution >= 4 is 23.9 Å². The number of amides is 3. The van der Waals surface area contributed by atoms with Crippen molar-refractivity contribution in [3.63, 3.8) is 0 Å². The van der Waals surface area contributed by atoms with Crippen LogP contribution in [-0.2, 0) is 25.5 Å². The maximum Gasteiger partial charge on any atom is 0.408 e. The molecule has 1 fully saturated rings. The Kier molecular flexibility index (Phi) is 8.01. The fraction of sp³-hybridized carbons (Fsp3) is 0.583. The first-order chi connectivity index (χ1) is 16.0. The number of carbonyl (C=O) groups excluding carboxylic acids is 3. The summed E-state index contributed by atoms with van der Waals surface area (Å²) in [5.74, 6) is -1.49. The van der Waals surface area contributed by atoms with Gasteiger partial charge in [-0.2, -0.15) is 0 Å². The Hall–Kier alpha value is -3.30. The van der Waals surface area contributed by atoms with Gasteiger partial charge in [-0.3, -0.25) is 9.59 Å². The van der Waals surface area contributed by atoms with E-state index in [2.05, 4.69) is 10.6 Å². The van der Waals surface area contributed by atoms with Crippen LogP contribution in [0.2, 0.25) is 0 Å². The topological polar surface area (TPSA) is 134 Å². The first-order valence-corrected chi connectivity index (χ1v) is 11.6. The van der Waals surface area contributed by atoms with Crippen LogP contribution < -0.4 is 15.4 Å². The van der Waals surface area contributed by atoms with Crippen molar-refractivity contribution in [3.05, 3.63) is 29.8 Å². The van der Waals surface area contributed by atoms with Crippen molar-refractivity contribution in [1.82, 2.24) is 15.5 Å². The fourth-order valence-electron chi connectivity index (χ4n) is 4.15. The van der Waals surface area contributed by atoms with Crippen LogP contribution >= 0.6 is 0 Å². The molecule has 0 unspecified atom stereocenters. The van der Waals surface area contributed by atoms with Crippen LogP contribution in [0.15, 0.2) is 24.3 Å². The molecule has 1 aromatic rings. The summed E-state index contributed by atoms with van der Waals surface area (Å²) in [5, 5.41) is 14.8. The lowest BCUT2D eigenvalue weighted by atomic mass is 10.0. The molecule has 0 spiro atoms. The maximum absolute atomic E-state index is 13.5. The van der Waals surface area contributed by atoms with E-state index in [9.17, 15) is 24.3 Å². The van der Waals surface area contributed by atoms with Gasteiger partial charge in [0.25, 0.3) is 0 Å². The summed E-state index contributed by atoms with van der Waals surface area (Å²) in [6.07, 6.45) is 1.09. The summed E-state index contributed by atoms with van der Waals surface area (Å²) in [7, 11) is 0. The predicted octanol–water partition coefficient (Wildman–Crippen LogP) is 1.86. The number of aliphatic carboxylic acids is 1. The van der Waals surface area contributed by atoms with E-state index in [-0.39, 0.29) is 19.4 Å². The minimum absolute atomic E-state index is 0.178. The van der Waals surface area contributed by atoms with Crippen LogP contribution in [0.25, 0.3) is 0 Å². The highest BCUT2D eigenvalue weighted by atomic mass is 16.6. The molecule has 3 N–H and O–H groups in total. The number of carboxylic acids is 1. The number of carbonyl (C=O) groups is 4. The molecule has 0 aliphatic carbocycles. The molecule has 3 amide bonds. The Balaban J connectivity index is 1.91. The number of alkyl carbamates (subject to hydrolysis) is 1. The number of nitrogens with zero attached hydrogens (tertiary/aromatic N) is 1. The number of carboxylic acid groups (broad SMARTS) is 1. The van der Waals surface area contributed by atoms with Gasteiger partial charge >= 0.3 is 12.1 Å². The molecule has 34 heavy (non-hydrogen) atoms. The van der Waals surface area contributed by atoms with Crippen LogP contribution in [0.1, 0.15) is 52.0 Å². The van der Waals surface area contributed by atoms with Gasteiger partial charge in [-0.25, -0.2) is 9.59 Å². The van der Waals surface area contributed by atoms with E-state index in [4.69, 9.17) is 9.47 Å². The zero-order valence-electron chi connectivity index (χ0n) is 19.8. The monoisotopic (exact) mass is 475 g/mol. The summed E-state index contributed by atoms with van der Waals surface area (Å²) < 4.78 is 11.1. The second kappa shape index (κ2) is 10.8. The SMILES string of the molecule is CC(C)(C)OC(=O)N[C@H]1Cc2cccc(c2)OCCC[C@H](C(=O)O)NC(=O)[C@@H]2CCCN2C1=O. The molecule has 186 valence electrons. The van der Waals surface area contributed by atoms with Gasteiger partial charge in [0.05, 0.1) is 6.61 Å². The van der Waals surface area contributed by atoms with Gasteiger partial charge in [-0.1, -0.05) is 12.1 Å². The molecular formula is C24H33N3O7. The average molecular weight is 476 g/mol. The smallest absolute Gasteiger partial charge is 0.408 e. The standard InChI is InChI=1S/C24H33N3O7/c1-24(2,3)34-23(32)26-18-14-15-7-4-8-16(13-15)33-12-6-9-17(22(30)31)25-20(28)19-10-5-11-27(19)21(18)29/h4,7-8,13,17-19H,5-6,9-12,14H2,1-3H3,(H,25,28)(H,26,32)(H,30,31)/t17-,18+,19+/m1/s1. The first kappa shape index (κ1) is 25.3. The Morgan fingerprint density at radius 3 is 2.68 bits per heavy atom. The number of rotatable bonds is 2. The lowest BCUT2D eigenvalue weighted by molar-refractivity contribution is -0.144. The molecule has 0 saturated carbocycles. The second-order valence-electron chi connectivity index (χ2n) is 9.63. The van der Waals surface area contributed by atoms with Crippen LogP contribution in [0.4, 0.5) is 4.79 Å². The van der Waals surface area contributed by atoms with Crippen molar-refractivity contribution in [3.8, 4) is 5.75 Å². The van der Waals surface area contributed by atoms with E-state index in [1.807, 2.05) is 6.07 Å². The van der Waals surface area contributed by atoms with Gasteiger partial charge in [-0.05, 0) is 64.2 Å². The second-order valence-corrected chi connectivity index (χ2v) is 9.63. The zero-order chi connectivity index (χ0) is 24.9.